The minimum Gasteiger partial charge on any atom is -0.376 e. The quantitative estimate of drug-likeness (QED) is 0.862. The van der Waals surface area contributed by atoms with Crippen LogP contribution >= 0.6 is 11.6 Å². The molecular weight excluding hydrogens is 343 g/mol. The van der Waals surface area contributed by atoms with E-state index in [1.165, 1.54) is 12.1 Å². The van der Waals surface area contributed by atoms with Crippen LogP contribution in [0.2, 0.25) is 5.02 Å². The van der Waals surface area contributed by atoms with Crippen LogP contribution in [0.3, 0.4) is 0 Å². The maximum atomic E-state index is 12.9. The number of halogens is 4. The first-order chi connectivity index (χ1) is 11.3. The van der Waals surface area contributed by atoms with Gasteiger partial charge in [0.15, 0.2) is 0 Å². The Bertz CT molecular complexity index is 783. The molecule has 0 unspecified atom stereocenters. The molecule has 2 rings (SSSR count). The number of nitrogens with zero attached hydrogens (tertiary/aromatic N) is 1. The third-order valence-electron chi connectivity index (χ3n) is 3.03. The highest BCUT2D eigenvalue weighted by Gasteiger charge is 2.33. The van der Waals surface area contributed by atoms with E-state index in [4.69, 9.17) is 16.9 Å². The largest absolute Gasteiger partial charge is 0.417 e. The van der Waals surface area contributed by atoms with E-state index in [1.54, 1.807) is 24.3 Å². The second-order valence-electron chi connectivity index (χ2n) is 4.78. The Kier molecular flexibility index (Phi) is 5.31. The van der Waals surface area contributed by atoms with Crippen LogP contribution in [0.4, 0.5) is 24.5 Å². The topological polar surface area (TPSA) is 64.9 Å². The molecule has 2 N–H and O–H groups in total. The molecule has 4 nitrogen and oxygen atoms in total. The molecule has 0 heterocycles. The molecule has 0 aliphatic heterocycles. The number of nitriles is 1. The Balaban J connectivity index is 2.02. The summed E-state index contributed by atoms with van der Waals surface area (Å²) < 4.78 is 38.6. The Labute approximate surface area is 140 Å². The first-order valence-electron chi connectivity index (χ1n) is 6.70. The van der Waals surface area contributed by atoms with Crippen molar-refractivity contribution in [2.24, 2.45) is 0 Å². The molecule has 0 radical (unpaired) electrons. The SMILES string of the molecule is N#Cc1ccc(NCC(=O)Nc2ccc(Cl)cc2)cc1C(F)(F)F. The number of hydrogen-bond acceptors (Lipinski definition) is 3. The maximum Gasteiger partial charge on any atom is 0.417 e. The van der Waals surface area contributed by atoms with Gasteiger partial charge in [-0.2, -0.15) is 18.4 Å². The summed E-state index contributed by atoms with van der Waals surface area (Å²) in [6.45, 7) is -0.230. The number of alkyl halides is 3. The van der Waals surface area contributed by atoms with Crippen LogP contribution in [0.15, 0.2) is 42.5 Å². The van der Waals surface area contributed by atoms with Crippen molar-refractivity contribution >= 4 is 28.9 Å². The van der Waals surface area contributed by atoms with E-state index in [-0.39, 0.29) is 12.2 Å². The van der Waals surface area contributed by atoms with Gasteiger partial charge in [-0.25, -0.2) is 0 Å². The Morgan fingerprint density at radius 3 is 2.33 bits per heavy atom. The van der Waals surface area contributed by atoms with Gasteiger partial charge in [0.1, 0.15) is 0 Å². The van der Waals surface area contributed by atoms with E-state index in [1.807, 2.05) is 0 Å². The van der Waals surface area contributed by atoms with Crippen molar-refractivity contribution in [2.45, 2.75) is 6.18 Å². The molecule has 24 heavy (non-hydrogen) atoms. The molecule has 0 saturated heterocycles. The van der Waals surface area contributed by atoms with Crippen molar-refractivity contribution in [2.75, 3.05) is 17.2 Å². The predicted molar refractivity (Wildman–Crippen MR) is 84.7 cm³/mol. The van der Waals surface area contributed by atoms with Gasteiger partial charge in [-0.05, 0) is 42.5 Å². The lowest BCUT2D eigenvalue weighted by Crippen LogP contribution is -2.22. The third-order valence-corrected chi connectivity index (χ3v) is 3.28. The maximum absolute atomic E-state index is 12.9. The highest BCUT2D eigenvalue weighted by atomic mass is 35.5. The molecule has 0 atom stereocenters. The third kappa shape index (κ3) is 4.64. The fourth-order valence-corrected chi connectivity index (χ4v) is 2.03. The molecule has 8 heteroatoms. The fraction of sp³-hybridized carbons (Fsp3) is 0.125. The van der Waals surface area contributed by atoms with Gasteiger partial charge in [0, 0.05) is 16.4 Å². The van der Waals surface area contributed by atoms with Crippen molar-refractivity contribution < 1.29 is 18.0 Å². The highest BCUT2D eigenvalue weighted by molar-refractivity contribution is 6.30. The van der Waals surface area contributed by atoms with Crippen molar-refractivity contribution in [1.82, 2.24) is 0 Å². The number of amides is 1. The summed E-state index contributed by atoms with van der Waals surface area (Å²) >= 11 is 5.73. The summed E-state index contributed by atoms with van der Waals surface area (Å²) in [6, 6.07) is 11.1. The number of rotatable bonds is 4. The Morgan fingerprint density at radius 2 is 1.75 bits per heavy atom. The van der Waals surface area contributed by atoms with Gasteiger partial charge >= 0.3 is 6.18 Å². The van der Waals surface area contributed by atoms with E-state index in [0.29, 0.717) is 10.7 Å². The number of hydrogen-bond donors (Lipinski definition) is 2. The minimum atomic E-state index is -4.64. The average molecular weight is 354 g/mol. The predicted octanol–water partition coefficient (Wildman–Crippen LogP) is 4.28. The van der Waals surface area contributed by atoms with Crippen LogP contribution in [0.5, 0.6) is 0 Å². The lowest BCUT2D eigenvalue weighted by Gasteiger charge is -2.12. The molecule has 0 fully saturated rings. The number of anilines is 2. The number of carbonyl (C=O) groups is 1. The molecule has 0 aliphatic carbocycles. The Morgan fingerprint density at radius 1 is 1.12 bits per heavy atom. The van der Waals surface area contributed by atoms with E-state index in [2.05, 4.69) is 10.6 Å². The minimum absolute atomic E-state index is 0.0904. The van der Waals surface area contributed by atoms with Crippen molar-refractivity contribution in [3.63, 3.8) is 0 Å². The molecule has 0 saturated carbocycles. The number of benzene rings is 2. The van der Waals surface area contributed by atoms with E-state index < -0.39 is 23.2 Å². The zero-order valence-corrected chi connectivity index (χ0v) is 12.9. The summed E-state index contributed by atoms with van der Waals surface area (Å²) in [5.41, 5.74) is -0.915. The van der Waals surface area contributed by atoms with Crippen molar-refractivity contribution in [3.8, 4) is 6.07 Å². The zero-order valence-electron chi connectivity index (χ0n) is 12.1. The van der Waals surface area contributed by atoms with Crippen LogP contribution in [-0.4, -0.2) is 12.5 Å². The van der Waals surface area contributed by atoms with Crippen LogP contribution in [0, 0.1) is 11.3 Å². The van der Waals surface area contributed by atoms with Crippen molar-refractivity contribution in [1.29, 1.82) is 5.26 Å². The monoisotopic (exact) mass is 353 g/mol. The van der Waals surface area contributed by atoms with Crippen LogP contribution in [0.1, 0.15) is 11.1 Å². The van der Waals surface area contributed by atoms with Gasteiger partial charge < -0.3 is 10.6 Å². The molecule has 2 aromatic rings. The average Bonchev–Trinajstić information content (AvgIpc) is 2.54. The molecular formula is C16H11ClF3N3O. The zero-order chi connectivity index (χ0) is 17.7. The van der Waals surface area contributed by atoms with E-state index in [0.717, 1.165) is 12.1 Å². The molecule has 0 aromatic heterocycles. The molecule has 0 aliphatic rings. The number of nitrogens with one attached hydrogen (secondary N) is 2. The Hall–Kier alpha value is -2.72. The lowest BCUT2D eigenvalue weighted by atomic mass is 10.1. The summed E-state index contributed by atoms with van der Waals surface area (Å²) in [5.74, 6) is -0.435. The standard InChI is InChI=1S/C16H11ClF3N3O/c17-11-2-5-12(6-3-11)23-15(24)9-22-13-4-1-10(8-21)14(7-13)16(18,19)20/h1-7,22H,9H2,(H,23,24). The smallest absolute Gasteiger partial charge is 0.376 e. The van der Waals surface area contributed by atoms with Gasteiger partial charge in [0.05, 0.1) is 23.7 Å². The van der Waals surface area contributed by atoms with Gasteiger partial charge in [0.25, 0.3) is 0 Å². The summed E-state index contributed by atoms with van der Waals surface area (Å²) in [4.78, 5) is 11.8. The summed E-state index contributed by atoms with van der Waals surface area (Å²) in [6.07, 6.45) is -4.64. The van der Waals surface area contributed by atoms with Crippen LogP contribution in [-0.2, 0) is 11.0 Å². The number of carbonyl (C=O) groups excluding carboxylic acids is 1. The molecule has 0 bridgehead atoms. The molecule has 0 spiro atoms. The van der Waals surface area contributed by atoms with Crippen LogP contribution in [0.25, 0.3) is 0 Å². The van der Waals surface area contributed by atoms with Gasteiger partial charge in [-0.15, -0.1) is 0 Å². The van der Waals surface area contributed by atoms with Gasteiger partial charge in [-0.1, -0.05) is 11.6 Å². The first-order valence-corrected chi connectivity index (χ1v) is 7.08. The fourth-order valence-electron chi connectivity index (χ4n) is 1.91. The highest BCUT2D eigenvalue weighted by Crippen LogP contribution is 2.33. The second kappa shape index (κ2) is 7.23. The van der Waals surface area contributed by atoms with Crippen LogP contribution < -0.4 is 10.6 Å². The van der Waals surface area contributed by atoms with Gasteiger partial charge in [0.2, 0.25) is 5.91 Å². The first kappa shape index (κ1) is 17.6. The summed E-state index contributed by atoms with van der Waals surface area (Å²) in [7, 11) is 0. The van der Waals surface area contributed by atoms with E-state index >= 15 is 0 Å². The van der Waals surface area contributed by atoms with Crippen molar-refractivity contribution in [3.05, 3.63) is 58.6 Å². The molecule has 124 valence electrons. The lowest BCUT2D eigenvalue weighted by molar-refractivity contribution is -0.137. The van der Waals surface area contributed by atoms with Gasteiger partial charge in [-0.3, -0.25) is 4.79 Å². The second-order valence-corrected chi connectivity index (χ2v) is 5.21. The molecule has 1 amide bonds. The molecule has 2 aromatic carbocycles. The van der Waals surface area contributed by atoms with E-state index in [9.17, 15) is 18.0 Å². The normalized spacial score (nSPS) is 10.8. The summed E-state index contributed by atoms with van der Waals surface area (Å²) in [5, 5.41) is 14.4.